The Morgan fingerprint density at radius 2 is 2.00 bits per heavy atom. The van der Waals surface area contributed by atoms with Crippen molar-refractivity contribution in [3.63, 3.8) is 0 Å². The van der Waals surface area contributed by atoms with Gasteiger partial charge < -0.3 is 15.0 Å². The first kappa shape index (κ1) is 18.7. The lowest BCUT2D eigenvalue weighted by atomic mass is 9.97. The number of rotatable bonds is 6. The van der Waals surface area contributed by atoms with Crippen LogP contribution in [0.1, 0.15) is 12.8 Å². The molecular weight excluding hydrogens is 338 g/mol. The molecular formula is C16H21F2N2O3S+. The molecule has 132 valence electrons. The summed E-state index contributed by atoms with van der Waals surface area (Å²) in [5.74, 6) is -3.05. The molecule has 0 spiro atoms. The highest BCUT2D eigenvalue weighted by atomic mass is 32.2. The van der Waals surface area contributed by atoms with Gasteiger partial charge in [-0.1, -0.05) is 23.9 Å². The molecule has 1 saturated heterocycles. The van der Waals surface area contributed by atoms with E-state index in [0.29, 0.717) is 48.3 Å². The SMILES string of the molecule is COC(=O)C1CC[NH+](CC(=O)Nc2ccccc2SC(F)F)CC1. The summed E-state index contributed by atoms with van der Waals surface area (Å²) in [7, 11) is 1.38. The number of ether oxygens (including phenoxy) is 1. The van der Waals surface area contributed by atoms with Crippen molar-refractivity contribution in [2.75, 3.05) is 32.1 Å². The molecule has 1 aliphatic rings. The number of halogens is 2. The van der Waals surface area contributed by atoms with Gasteiger partial charge in [-0.25, -0.2) is 0 Å². The van der Waals surface area contributed by atoms with Crippen molar-refractivity contribution in [3.8, 4) is 0 Å². The molecule has 0 radical (unpaired) electrons. The van der Waals surface area contributed by atoms with Gasteiger partial charge in [0.1, 0.15) is 0 Å². The zero-order valence-corrected chi connectivity index (χ0v) is 14.2. The summed E-state index contributed by atoms with van der Waals surface area (Å²) in [6.07, 6.45) is 1.38. The smallest absolute Gasteiger partial charge is 0.309 e. The van der Waals surface area contributed by atoms with E-state index in [1.54, 1.807) is 24.3 Å². The minimum Gasteiger partial charge on any atom is -0.469 e. The van der Waals surface area contributed by atoms with Crippen LogP contribution in [0.5, 0.6) is 0 Å². The first-order chi connectivity index (χ1) is 11.5. The van der Waals surface area contributed by atoms with Gasteiger partial charge in [-0.3, -0.25) is 9.59 Å². The predicted octanol–water partition coefficient (Wildman–Crippen LogP) is 1.41. The average molecular weight is 359 g/mol. The van der Waals surface area contributed by atoms with Crippen molar-refractivity contribution in [2.24, 2.45) is 5.92 Å². The number of amides is 1. The molecule has 1 aromatic carbocycles. The van der Waals surface area contributed by atoms with Crippen molar-refractivity contribution >= 4 is 29.3 Å². The van der Waals surface area contributed by atoms with Crippen molar-refractivity contribution in [1.29, 1.82) is 0 Å². The van der Waals surface area contributed by atoms with Crippen molar-refractivity contribution < 1.29 is 28.0 Å². The van der Waals surface area contributed by atoms with Crippen LogP contribution in [0.25, 0.3) is 0 Å². The van der Waals surface area contributed by atoms with Crippen LogP contribution in [-0.4, -0.2) is 44.4 Å². The Balaban J connectivity index is 1.85. The number of thioether (sulfide) groups is 1. The van der Waals surface area contributed by atoms with E-state index in [4.69, 9.17) is 4.74 Å². The molecule has 0 atom stereocenters. The number of alkyl halides is 2. The molecule has 0 bridgehead atoms. The molecule has 0 saturated carbocycles. The predicted molar refractivity (Wildman–Crippen MR) is 87.2 cm³/mol. The normalized spacial score (nSPS) is 20.7. The number of carbonyl (C=O) groups excluding carboxylic acids is 2. The monoisotopic (exact) mass is 359 g/mol. The highest BCUT2D eigenvalue weighted by Crippen LogP contribution is 2.31. The van der Waals surface area contributed by atoms with Gasteiger partial charge in [-0.15, -0.1) is 0 Å². The van der Waals surface area contributed by atoms with E-state index >= 15 is 0 Å². The van der Waals surface area contributed by atoms with Gasteiger partial charge in [-0.2, -0.15) is 8.78 Å². The third-order valence-electron chi connectivity index (χ3n) is 4.01. The summed E-state index contributed by atoms with van der Waals surface area (Å²) >= 11 is 0.413. The van der Waals surface area contributed by atoms with Crippen LogP contribution in [-0.2, 0) is 14.3 Å². The van der Waals surface area contributed by atoms with E-state index in [0.717, 1.165) is 4.90 Å². The number of hydrogen-bond acceptors (Lipinski definition) is 4. The number of methoxy groups -OCH3 is 1. The van der Waals surface area contributed by atoms with E-state index in [2.05, 4.69) is 5.32 Å². The second-order valence-electron chi connectivity index (χ2n) is 5.65. The molecule has 2 N–H and O–H groups in total. The summed E-state index contributed by atoms with van der Waals surface area (Å²) in [4.78, 5) is 25.1. The lowest BCUT2D eigenvalue weighted by Gasteiger charge is -2.27. The summed E-state index contributed by atoms with van der Waals surface area (Å²) in [5.41, 5.74) is 0.400. The van der Waals surface area contributed by atoms with E-state index < -0.39 is 5.76 Å². The number of para-hydroxylation sites is 1. The maximum Gasteiger partial charge on any atom is 0.309 e. The van der Waals surface area contributed by atoms with E-state index in [9.17, 15) is 18.4 Å². The van der Waals surface area contributed by atoms with Crippen molar-refractivity contribution in [1.82, 2.24) is 0 Å². The van der Waals surface area contributed by atoms with E-state index in [1.165, 1.54) is 7.11 Å². The van der Waals surface area contributed by atoms with E-state index in [1.807, 2.05) is 0 Å². The maximum absolute atomic E-state index is 12.6. The number of esters is 1. The molecule has 8 heteroatoms. The van der Waals surface area contributed by atoms with Crippen LogP contribution in [0.2, 0.25) is 0 Å². The van der Waals surface area contributed by atoms with Crippen molar-refractivity contribution in [3.05, 3.63) is 24.3 Å². The maximum atomic E-state index is 12.6. The summed E-state index contributed by atoms with van der Waals surface area (Å²) in [5, 5.41) is 2.70. The highest BCUT2D eigenvalue weighted by Gasteiger charge is 2.29. The summed E-state index contributed by atoms with van der Waals surface area (Å²) in [6, 6.07) is 6.52. The molecule has 24 heavy (non-hydrogen) atoms. The third-order valence-corrected chi connectivity index (χ3v) is 4.80. The Labute approximate surface area is 143 Å². The van der Waals surface area contributed by atoms with Crippen LogP contribution < -0.4 is 10.2 Å². The Kier molecular flexibility index (Phi) is 6.99. The van der Waals surface area contributed by atoms with Gasteiger partial charge in [0.25, 0.3) is 11.7 Å². The molecule has 0 aliphatic carbocycles. The number of carbonyl (C=O) groups is 2. The first-order valence-electron chi connectivity index (χ1n) is 7.74. The number of quaternary nitrogens is 1. The molecule has 1 aliphatic heterocycles. The fraction of sp³-hybridized carbons (Fsp3) is 0.500. The zero-order valence-electron chi connectivity index (χ0n) is 13.4. The van der Waals surface area contributed by atoms with Crippen LogP contribution in [0, 0.1) is 5.92 Å². The van der Waals surface area contributed by atoms with Gasteiger partial charge >= 0.3 is 5.97 Å². The number of piperidine rings is 1. The Morgan fingerprint density at radius 3 is 2.62 bits per heavy atom. The van der Waals surface area contributed by atoms with Crippen LogP contribution >= 0.6 is 11.8 Å². The summed E-state index contributed by atoms with van der Waals surface area (Å²) < 4.78 is 29.8. The van der Waals surface area contributed by atoms with E-state index in [-0.39, 0.29) is 24.3 Å². The number of likely N-dealkylation sites (tertiary alicyclic amines) is 1. The van der Waals surface area contributed by atoms with Crippen LogP contribution in [0.3, 0.4) is 0 Å². The quantitative estimate of drug-likeness (QED) is 0.596. The largest absolute Gasteiger partial charge is 0.469 e. The Morgan fingerprint density at radius 1 is 1.33 bits per heavy atom. The first-order valence-corrected chi connectivity index (χ1v) is 8.62. The summed E-state index contributed by atoms with van der Waals surface area (Å²) in [6.45, 7) is 1.67. The second-order valence-corrected chi connectivity index (χ2v) is 6.68. The number of nitrogens with one attached hydrogen (secondary N) is 2. The van der Waals surface area contributed by atoms with Crippen molar-refractivity contribution in [2.45, 2.75) is 23.5 Å². The van der Waals surface area contributed by atoms with Crippen LogP contribution in [0.4, 0.5) is 14.5 Å². The minimum atomic E-state index is -2.54. The lowest BCUT2D eigenvalue weighted by molar-refractivity contribution is -0.897. The van der Waals surface area contributed by atoms with Gasteiger partial charge in [0.2, 0.25) is 0 Å². The molecule has 2 rings (SSSR count). The van der Waals surface area contributed by atoms with Gasteiger partial charge in [0.05, 0.1) is 31.8 Å². The molecule has 1 aromatic rings. The molecule has 1 fully saturated rings. The van der Waals surface area contributed by atoms with Gasteiger partial charge in [0, 0.05) is 17.7 Å². The lowest BCUT2D eigenvalue weighted by Crippen LogP contribution is -3.14. The molecule has 1 amide bonds. The van der Waals surface area contributed by atoms with Gasteiger partial charge in [-0.05, 0) is 12.1 Å². The third kappa shape index (κ3) is 5.45. The minimum absolute atomic E-state index is 0.0926. The number of hydrogen-bond donors (Lipinski definition) is 2. The second kappa shape index (κ2) is 8.98. The van der Waals surface area contributed by atoms with Gasteiger partial charge in [0.15, 0.2) is 6.54 Å². The topological polar surface area (TPSA) is 59.8 Å². The molecule has 0 unspecified atom stereocenters. The number of benzene rings is 1. The fourth-order valence-electron chi connectivity index (χ4n) is 2.80. The molecule has 5 nitrogen and oxygen atoms in total. The van der Waals surface area contributed by atoms with Crippen LogP contribution in [0.15, 0.2) is 29.2 Å². The molecule has 0 aromatic heterocycles. The zero-order chi connectivity index (χ0) is 17.5. The molecule has 1 heterocycles. The highest BCUT2D eigenvalue weighted by molar-refractivity contribution is 7.99. The fourth-order valence-corrected chi connectivity index (χ4v) is 3.39. The Bertz CT molecular complexity index is 578. The Hall–Kier alpha value is -1.67. The number of anilines is 1. The average Bonchev–Trinajstić information content (AvgIpc) is 2.56. The standard InChI is InChI=1S/C16H20F2N2O3S/c1-23-15(22)11-6-8-20(9-7-11)10-14(21)19-12-4-2-3-5-13(12)24-16(17)18/h2-5,11,16H,6-10H2,1H3,(H,19,21)/p+1.